The van der Waals surface area contributed by atoms with Gasteiger partial charge in [-0.3, -0.25) is 5.41 Å². The molecule has 0 bridgehead atoms. The molecule has 1 amide bonds. The van der Waals surface area contributed by atoms with E-state index in [1.807, 2.05) is 16.7 Å². The van der Waals surface area contributed by atoms with Gasteiger partial charge in [-0.1, -0.05) is 11.8 Å². The summed E-state index contributed by atoms with van der Waals surface area (Å²) >= 11 is 4.96. The number of ether oxygens (including phenoxy) is 3. The van der Waals surface area contributed by atoms with Gasteiger partial charge < -0.3 is 28.7 Å². The third kappa shape index (κ3) is 3.42. The summed E-state index contributed by atoms with van der Waals surface area (Å²) in [4.78, 5) is 26.1. The predicted molar refractivity (Wildman–Crippen MR) is 105 cm³/mol. The maximum absolute atomic E-state index is 11.6. The number of aromatic amines is 1. The minimum absolute atomic E-state index is 0.112. The fraction of sp³-hybridized carbons (Fsp3) is 0.294. The van der Waals surface area contributed by atoms with Gasteiger partial charge in [0.1, 0.15) is 12.1 Å². The van der Waals surface area contributed by atoms with Crippen LogP contribution in [-0.2, 0) is 11.3 Å². The van der Waals surface area contributed by atoms with Crippen molar-refractivity contribution in [2.75, 3.05) is 26.5 Å². The fourth-order valence-electron chi connectivity index (χ4n) is 3.11. The molecule has 0 radical (unpaired) electrons. The zero-order valence-electron chi connectivity index (χ0n) is 15.0. The lowest BCUT2D eigenvalue weighted by Gasteiger charge is -2.13. The highest BCUT2D eigenvalue weighted by Crippen LogP contribution is 2.42. The van der Waals surface area contributed by atoms with Crippen LogP contribution in [0.3, 0.4) is 0 Å². The number of carbonyl (C=O) groups is 1. The number of imidazole rings is 1. The van der Waals surface area contributed by atoms with Gasteiger partial charge in [-0.2, -0.15) is 0 Å². The molecule has 0 atom stereocenters. The van der Waals surface area contributed by atoms with Crippen molar-refractivity contribution in [1.82, 2.24) is 24.4 Å². The van der Waals surface area contributed by atoms with E-state index in [2.05, 4.69) is 30.9 Å². The van der Waals surface area contributed by atoms with Crippen LogP contribution < -0.4 is 15.0 Å². The lowest BCUT2D eigenvalue weighted by atomic mass is 10.3. The molecular weight excluding hydrogens is 464 g/mol. The van der Waals surface area contributed by atoms with Crippen molar-refractivity contribution < 1.29 is 19.0 Å². The molecule has 0 saturated carbocycles. The molecule has 2 N–H and O–H groups in total. The van der Waals surface area contributed by atoms with Crippen LogP contribution in [0, 0.1) is 5.41 Å². The molecule has 10 nitrogen and oxygen atoms in total. The number of cyclic esters (lactones) is 1. The topological polar surface area (TPSA) is 118 Å². The summed E-state index contributed by atoms with van der Waals surface area (Å²) in [6.07, 6.45) is 1.26. The lowest BCUT2D eigenvalue weighted by molar-refractivity contribution is 0.157. The van der Waals surface area contributed by atoms with Crippen molar-refractivity contribution >= 4 is 44.9 Å². The van der Waals surface area contributed by atoms with E-state index in [4.69, 9.17) is 19.6 Å². The average Bonchev–Trinajstić information content (AvgIpc) is 3.42. The number of rotatable bonds is 5. The molecule has 2 aliphatic rings. The Hall–Kier alpha value is -2.73. The average molecular weight is 479 g/mol. The van der Waals surface area contributed by atoms with Crippen molar-refractivity contribution in [1.29, 1.82) is 5.41 Å². The Morgan fingerprint density at radius 3 is 2.86 bits per heavy atom. The zero-order valence-corrected chi connectivity index (χ0v) is 17.4. The number of halogens is 1. The minimum atomic E-state index is -0.308. The molecule has 3 aromatic rings. The zero-order chi connectivity index (χ0) is 20.0. The van der Waals surface area contributed by atoms with E-state index in [-0.39, 0.29) is 18.4 Å². The SMILES string of the molecule is N=c1ncn(CCN2CCOC2=O)c2nc(Sc3cc4c(cc3Br)OCO4)[nH]c12. The van der Waals surface area contributed by atoms with Gasteiger partial charge >= 0.3 is 6.09 Å². The Kier molecular flexibility index (Phi) is 4.59. The van der Waals surface area contributed by atoms with Crippen molar-refractivity contribution in [3.8, 4) is 11.5 Å². The number of fused-ring (bicyclic) bond motifs is 2. The first-order chi connectivity index (χ1) is 14.1. The monoisotopic (exact) mass is 478 g/mol. The van der Waals surface area contributed by atoms with Gasteiger partial charge in [0.25, 0.3) is 0 Å². The van der Waals surface area contributed by atoms with E-state index < -0.39 is 0 Å². The molecule has 0 aliphatic carbocycles. The van der Waals surface area contributed by atoms with E-state index >= 15 is 0 Å². The number of nitrogens with zero attached hydrogens (tertiary/aromatic N) is 4. The van der Waals surface area contributed by atoms with Crippen LogP contribution in [0.1, 0.15) is 0 Å². The Morgan fingerprint density at radius 2 is 2.07 bits per heavy atom. The largest absolute Gasteiger partial charge is 0.454 e. The third-order valence-electron chi connectivity index (χ3n) is 4.59. The molecule has 2 aliphatic heterocycles. The summed E-state index contributed by atoms with van der Waals surface area (Å²) in [5, 5.41) is 8.71. The molecule has 0 unspecified atom stereocenters. The standard InChI is InChI=1S/C17H15BrN6O4S/c18-9-5-10-11(28-8-27-10)6-12(9)29-16-21-13-14(19)20-7-24(15(13)22-16)2-1-23-3-4-26-17(23)25/h5-7,19H,1-4,8H2,(H,21,22). The number of benzene rings is 1. The highest BCUT2D eigenvalue weighted by molar-refractivity contribution is 9.10. The van der Waals surface area contributed by atoms with Gasteiger partial charge in [0.2, 0.25) is 6.79 Å². The van der Waals surface area contributed by atoms with Gasteiger partial charge in [-0.25, -0.2) is 14.8 Å². The molecule has 1 saturated heterocycles. The van der Waals surface area contributed by atoms with Crippen molar-refractivity contribution in [3.05, 3.63) is 28.4 Å². The molecule has 1 aromatic carbocycles. The summed E-state index contributed by atoms with van der Waals surface area (Å²) in [6, 6.07) is 3.75. The van der Waals surface area contributed by atoms with E-state index in [1.54, 1.807) is 11.2 Å². The maximum atomic E-state index is 11.6. The molecular formula is C17H15BrN6O4S. The molecule has 29 heavy (non-hydrogen) atoms. The fourth-order valence-corrected chi connectivity index (χ4v) is 4.49. The molecule has 4 heterocycles. The summed E-state index contributed by atoms with van der Waals surface area (Å²) in [7, 11) is 0. The molecule has 0 spiro atoms. The van der Waals surface area contributed by atoms with Crippen molar-refractivity contribution in [3.63, 3.8) is 0 Å². The summed E-state index contributed by atoms with van der Waals surface area (Å²) < 4.78 is 18.5. The van der Waals surface area contributed by atoms with Crippen molar-refractivity contribution in [2.45, 2.75) is 16.6 Å². The Bertz CT molecular complexity index is 1180. The highest BCUT2D eigenvalue weighted by atomic mass is 79.9. The Morgan fingerprint density at radius 1 is 1.24 bits per heavy atom. The van der Waals surface area contributed by atoms with Gasteiger partial charge in [-0.05, 0) is 28.1 Å². The van der Waals surface area contributed by atoms with E-state index in [1.165, 1.54) is 11.8 Å². The van der Waals surface area contributed by atoms with Crippen molar-refractivity contribution in [2.24, 2.45) is 0 Å². The third-order valence-corrected chi connectivity index (χ3v) is 6.45. The van der Waals surface area contributed by atoms with Gasteiger partial charge in [0.05, 0.1) is 12.9 Å². The van der Waals surface area contributed by atoms with E-state index in [0.717, 1.165) is 9.37 Å². The minimum Gasteiger partial charge on any atom is -0.454 e. The normalized spacial score (nSPS) is 15.3. The van der Waals surface area contributed by atoms with E-state index in [0.29, 0.717) is 54.1 Å². The highest BCUT2D eigenvalue weighted by Gasteiger charge is 2.22. The molecule has 2 aromatic heterocycles. The van der Waals surface area contributed by atoms with Gasteiger partial charge in [0, 0.05) is 22.5 Å². The second-order valence-electron chi connectivity index (χ2n) is 6.37. The van der Waals surface area contributed by atoms with Crippen LogP contribution in [0.2, 0.25) is 0 Å². The second-order valence-corrected chi connectivity index (χ2v) is 8.25. The summed E-state index contributed by atoms with van der Waals surface area (Å²) in [6.45, 7) is 2.18. The van der Waals surface area contributed by atoms with Crippen LogP contribution in [0.15, 0.2) is 33.0 Å². The lowest BCUT2D eigenvalue weighted by Crippen LogP contribution is -2.28. The number of hydrogen-bond donors (Lipinski definition) is 2. The number of carbonyl (C=O) groups excluding carboxylic acids is 1. The Balaban J connectivity index is 1.43. The predicted octanol–water partition coefficient (Wildman–Crippen LogP) is 2.33. The molecule has 150 valence electrons. The molecule has 12 heteroatoms. The molecule has 5 rings (SSSR count). The quantitative estimate of drug-likeness (QED) is 0.577. The van der Waals surface area contributed by atoms with Crippen LogP contribution in [0.25, 0.3) is 11.2 Å². The van der Waals surface area contributed by atoms with Crippen LogP contribution in [-0.4, -0.2) is 57.0 Å². The number of amides is 1. The second kappa shape index (κ2) is 7.26. The summed E-state index contributed by atoms with van der Waals surface area (Å²) in [5.74, 6) is 1.38. The first-order valence-electron chi connectivity index (χ1n) is 8.77. The van der Waals surface area contributed by atoms with Gasteiger partial charge in [-0.15, -0.1) is 0 Å². The van der Waals surface area contributed by atoms with Crippen LogP contribution in [0.5, 0.6) is 11.5 Å². The van der Waals surface area contributed by atoms with E-state index in [9.17, 15) is 4.79 Å². The first kappa shape index (κ1) is 18.3. The molecule has 1 fully saturated rings. The number of aromatic nitrogens is 4. The Labute approximate surface area is 176 Å². The number of nitrogens with one attached hydrogen (secondary N) is 2. The number of H-pyrrole nitrogens is 1. The number of hydrogen-bond acceptors (Lipinski definition) is 8. The van der Waals surface area contributed by atoms with Crippen LogP contribution in [0.4, 0.5) is 4.79 Å². The van der Waals surface area contributed by atoms with Crippen LogP contribution >= 0.6 is 27.7 Å². The summed E-state index contributed by atoms with van der Waals surface area (Å²) in [5.41, 5.74) is 1.26. The first-order valence-corrected chi connectivity index (χ1v) is 10.4. The smallest absolute Gasteiger partial charge is 0.410 e. The van der Waals surface area contributed by atoms with Gasteiger partial charge in [0.15, 0.2) is 27.8 Å². The maximum Gasteiger partial charge on any atom is 0.410 e.